The van der Waals surface area contributed by atoms with Crippen molar-refractivity contribution in [3.8, 4) is 0 Å². The normalized spacial score (nSPS) is 28.1. The summed E-state index contributed by atoms with van der Waals surface area (Å²) in [7, 11) is 1.94. The molecule has 0 saturated carbocycles. The molecule has 0 unspecified atom stereocenters. The van der Waals surface area contributed by atoms with Gasteiger partial charge in [0.2, 0.25) is 5.91 Å². The number of nitrogens with zero attached hydrogens (tertiary/aromatic N) is 3. The van der Waals surface area contributed by atoms with Crippen molar-refractivity contribution >= 4 is 5.91 Å². The van der Waals surface area contributed by atoms with Gasteiger partial charge in [-0.1, -0.05) is 0 Å². The van der Waals surface area contributed by atoms with Crippen LogP contribution in [0, 0.1) is 5.41 Å². The Bertz CT molecular complexity index is 476. The Balaban J connectivity index is 1.64. The third-order valence-corrected chi connectivity index (χ3v) is 4.92. The van der Waals surface area contributed by atoms with Gasteiger partial charge in [-0.3, -0.25) is 14.7 Å². The highest BCUT2D eigenvalue weighted by molar-refractivity contribution is 5.84. The summed E-state index contributed by atoms with van der Waals surface area (Å²) in [6, 6.07) is 4.16. The van der Waals surface area contributed by atoms with Gasteiger partial charge in [-0.15, -0.1) is 0 Å². The summed E-state index contributed by atoms with van der Waals surface area (Å²) >= 11 is 0. The van der Waals surface area contributed by atoms with E-state index in [0.717, 1.165) is 51.9 Å². The number of carbonyl (C=O) groups excluding carboxylic acids is 1. The summed E-state index contributed by atoms with van der Waals surface area (Å²) in [6.45, 7) is 4.04. The topological polar surface area (TPSA) is 36.4 Å². The van der Waals surface area contributed by atoms with Crippen LogP contribution >= 0.6 is 0 Å². The molecule has 1 amide bonds. The molecule has 2 aliphatic rings. The molecule has 0 N–H and O–H groups in total. The standard InChI is InChI=1S/C16H23N3O/c1-18-11-6-16(15(18)20)5-2-10-19(12-7-16)13-14-3-8-17-9-4-14/h3-4,8-9H,2,5-7,10-13H2,1H3/t16-/m0/s1. The summed E-state index contributed by atoms with van der Waals surface area (Å²) in [4.78, 5) is 20.9. The van der Waals surface area contributed by atoms with Crippen LogP contribution in [0.15, 0.2) is 24.5 Å². The Hall–Kier alpha value is -1.42. The molecule has 1 aromatic heterocycles. The predicted molar refractivity (Wildman–Crippen MR) is 78.1 cm³/mol. The van der Waals surface area contributed by atoms with E-state index in [-0.39, 0.29) is 5.41 Å². The molecule has 4 nitrogen and oxygen atoms in total. The SMILES string of the molecule is CN1CC[C@]2(CCCN(Cc3ccncc3)CC2)C1=O. The van der Waals surface area contributed by atoms with Crippen molar-refractivity contribution in [3.63, 3.8) is 0 Å². The lowest BCUT2D eigenvalue weighted by atomic mass is 9.79. The number of carbonyl (C=O) groups is 1. The monoisotopic (exact) mass is 273 g/mol. The van der Waals surface area contributed by atoms with E-state index in [9.17, 15) is 4.79 Å². The van der Waals surface area contributed by atoms with Crippen LogP contribution in [0.4, 0.5) is 0 Å². The van der Waals surface area contributed by atoms with Crippen molar-refractivity contribution in [3.05, 3.63) is 30.1 Å². The molecule has 4 heteroatoms. The summed E-state index contributed by atoms with van der Waals surface area (Å²) in [6.07, 6.45) is 7.95. The van der Waals surface area contributed by atoms with Gasteiger partial charge in [0.15, 0.2) is 0 Å². The fourth-order valence-electron chi connectivity index (χ4n) is 3.61. The molecule has 1 aromatic rings. The van der Waals surface area contributed by atoms with Gasteiger partial charge in [0.25, 0.3) is 0 Å². The van der Waals surface area contributed by atoms with Crippen LogP contribution in [0.5, 0.6) is 0 Å². The minimum atomic E-state index is -0.0538. The van der Waals surface area contributed by atoms with E-state index < -0.39 is 0 Å². The van der Waals surface area contributed by atoms with E-state index in [4.69, 9.17) is 0 Å². The minimum absolute atomic E-state index is 0.0538. The van der Waals surface area contributed by atoms with E-state index in [1.807, 2.05) is 24.3 Å². The smallest absolute Gasteiger partial charge is 0.228 e. The number of likely N-dealkylation sites (tertiary alicyclic amines) is 2. The van der Waals surface area contributed by atoms with Gasteiger partial charge in [-0.05, 0) is 56.5 Å². The first-order valence-corrected chi connectivity index (χ1v) is 7.56. The molecular formula is C16H23N3O. The average molecular weight is 273 g/mol. The Morgan fingerprint density at radius 1 is 1.15 bits per heavy atom. The Morgan fingerprint density at radius 3 is 2.60 bits per heavy atom. The van der Waals surface area contributed by atoms with Crippen LogP contribution in [-0.4, -0.2) is 47.4 Å². The van der Waals surface area contributed by atoms with Crippen LogP contribution in [0.2, 0.25) is 0 Å². The zero-order chi connectivity index (χ0) is 14.0. The molecular weight excluding hydrogens is 250 g/mol. The molecule has 0 aliphatic carbocycles. The minimum Gasteiger partial charge on any atom is -0.345 e. The summed E-state index contributed by atoms with van der Waals surface area (Å²) in [5, 5.41) is 0. The van der Waals surface area contributed by atoms with E-state index in [1.165, 1.54) is 5.56 Å². The van der Waals surface area contributed by atoms with E-state index in [2.05, 4.69) is 22.0 Å². The van der Waals surface area contributed by atoms with Crippen LogP contribution in [-0.2, 0) is 11.3 Å². The summed E-state index contributed by atoms with van der Waals surface area (Å²) in [5.74, 6) is 0.378. The first-order chi connectivity index (χ1) is 9.70. The molecule has 3 rings (SSSR count). The maximum atomic E-state index is 12.4. The number of amides is 1. The molecule has 0 bridgehead atoms. The van der Waals surface area contributed by atoms with E-state index in [1.54, 1.807) is 0 Å². The molecule has 108 valence electrons. The van der Waals surface area contributed by atoms with Crippen LogP contribution < -0.4 is 0 Å². The number of hydrogen-bond donors (Lipinski definition) is 0. The van der Waals surface area contributed by atoms with E-state index >= 15 is 0 Å². The van der Waals surface area contributed by atoms with Gasteiger partial charge in [-0.2, -0.15) is 0 Å². The molecule has 0 aromatic carbocycles. The maximum absolute atomic E-state index is 12.4. The zero-order valence-corrected chi connectivity index (χ0v) is 12.2. The fourth-order valence-corrected chi connectivity index (χ4v) is 3.61. The first kappa shape index (κ1) is 13.6. The average Bonchev–Trinajstić information content (AvgIpc) is 2.66. The van der Waals surface area contributed by atoms with Crippen molar-refractivity contribution in [2.24, 2.45) is 5.41 Å². The van der Waals surface area contributed by atoms with Crippen LogP contribution in [0.25, 0.3) is 0 Å². The molecule has 3 heterocycles. The largest absolute Gasteiger partial charge is 0.345 e. The lowest BCUT2D eigenvalue weighted by molar-refractivity contribution is -0.135. The Kier molecular flexibility index (Phi) is 3.74. The van der Waals surface area contributed by atoms with Crippen molar-refractivity contribution in [1.29, 1.82) is 0 Å². The number of aromatic nitrogens is 1. The predicted octanol–water partition coefficient (Wildman–Crippen LogP) is 1.92. The first-order valence-electron chi connectivity index (χ1n) is 7.56. The van der Waals surface area contributed by atoms with Crippen molar-refractivity contribution < 1.29 is 4.79 Å². The van der Waals surface area contributed by atoms with Gasteiger partial charge in [0, 0.05) is 32.5 Å². The molecule has 1 atom stereocenters. The summed E-state index contributed by atoms with van der Waals surface area (Å²) in [5.41, 5.74) is 1.26. The third kappa shape index (κ3) is 2.57. The zero-order valence-electron chi connectivity index (χ0n) is 12.2. The van der Waals surface area contributed by atoms with Crippen LogP contribution in [0.3, 0.4) is 0 Å². The summed E-state index contributed by atoms with van der Waals surface area (Å²) < 4.78 is 0. The molecule has 1 spiro atoms. The lowest BCUT2D eigenvalue weighted by Crippen LogP contribution is -2.33. The fraction of sp³-hybridized carbons (Fsp3) is 0.625. The quantitative estimate of drug-likeness (QED) is 0.826. The van der Waals surface area contributed by atoms with Gasteiger partial charge in [0.05, 0.1) is 5.41 Å². The van der Waals surface area contributed by atoms with Crippen molar-refractivity contribution in [2.45, 2.75) is 32.2 Å². The highest BCUT2D eigenvalue weighted by atomic mass is 16.2. The van der Waals surface area contributed by atoms with Gasteiger partial charge < -0.3 is 4.90 Å². The van der Waals surface area contributed by atoms with Crippen LogP contribution in [0.1, 0.15) is 31.2 Å². The molecule has 20 heavy (non-hydrogen) atoms. The second-order valence-corrected chi connectivity index (χ2v) is 6.24. The third-order valence-electron chi connectivity index (χ3n) is 4.92. The van der Waals surface area contributed by atoms with Crippen molar-refractivity contribution in [2.75, 3.05) is 26.7 Å². The Morgan fingerprint density at radius 2 is 1.90 bits per heavy atom. The van der Waals surface area contributed by atoms with Crippen molar-refractivity contribution in [1.82, 2.24) is 14.8 Å². The highest BCUT2D eigenvalue weighted by Gasteiger charge is 2.45. The van der Waals surface area contributed by atoms with E-state index in [0.29, 0.717) is 5.91 Å². The number of pyridine rings is 1. The molecule has 0 radical (unpaired) electrons. The second-order valence-electron chi connectivity index (χ2n) is 6.24. The maximum Gasteiger partial charge on any atom is 0.228 e. The lowest BCUT2D eigenvalue weighted by Gasteiger charge is -2.25. The van der Waals surface area contributed by atoms with Gasteiger partial charge in [0.1, 0.15) is 0 Å². The Labute approximate surface area is 120 Å². The number of hydrogen-bond acceptors (Lipinski definition) is 3. The molecule has 2 aliphatic heterocycles. The molecule has 2 saturated heterocycles. The van der Waals surface area contributed by atoms with Gasteiger partial charge >= 0.3 is 0 Å². The second kappa shape index (κ2) is 5.52. The number of rotatable bonds is 2. The van der Waals surface area contributed by atoms with Gasteiger partial charge in [-0.25, -0.2) is 0 Å². The molecule has 2 fully saturated rings. The highest BCUT2D eigenvalue weighted by Crippen LogP contribution is 2.41.